The summed E-state index contributed by atoms with van der Waals surface area (Å²) >= 11 is 1.64. The van der Waals surface area contributed by atoms with Crippen LogP contribution in [-0.4, -0.2) is 16.0 Å². The van der Waals surface area contributed by atoms with Crippen molar-refractivity contribution >= 4 is 17.7 Å². The Balaban J connectivity index is 1.39. The van der Waals surface area contributed by atoms with Gasteiger partial charge in [0.1, 0.15) is 0 Å². The van der Waals surface area contributed by atoms with Crippen LogP contribution in [0.1, 0.15) is 27.4 Å². The van der Waals surface area contributed by atoms with E-state index in [2.05, 4.69) is 27.6 Å². The number of aryl methyl sites for hydroxylation is 1. The lowest BCUT2D eigenvalue weighted by atomic mass is 10.1. The summed E-state index contributed by atoms with van der Waals surface area (Å²) in [6.45, 7) is 2.20. The van der Waals surface area contributed by atoms with Gasteiger partial charge in [0, 0.05) is 16.2 Å². The van der Waals surface area contributed by atoms with Gasteiger partial charge in [-0.3, -0.25) is 4.79 Å². The SMILES string of the molecule is Cc1ccc(-c2noc(CNC(=O)c3ccccc3SCc3ccccc3)n2)cc1. The van der Waals surface area contributed by atoms with Gasteiger partial charge in [-0.15, -0.1) is 11.8 Å². The van der Waals surface area contributed by atoms with Crippen molar-refractivity contribution in [1.82, 2.24) is 15.5 Å². The number of benzene rings is 3. The van der Waals surface area contributed by atoms with E-state index >= 15 is 0 Å². The summed E-state index contributed by atoms with van der Waals surface area (Å²) in [5, 5.41) is 6.89. The van der Waals surface area contributed by atoms with Crippen LogP contribution in [0.25, 0.3) is 11.4 Å². The zero-order valence-corrected chi connectivity index (χ0v) is 17.4. The van der Waals surface area contributed by atoms with Gasteiger partial charge in [-0.1, -0.05) is 77.5 Å². The zero-order chi connectivity index (χ0) is 20.8. The van der Waals surface area contributed by atoms with Gasteiger partial charge in [0.05, 0.1) is 12.1 Å². The number of thioether (sulfide) groups is 1. The lowest BCUT2D eigenvalue weighted by molar-refractivity contribution is 0.0943. The number of hydrogen-bond donors (Lipinski definition) is 1. The molecule has 0 unspecified atom stereocenters. The molecule has 0 radical (unpaired) electrons. The minimum absolute atomic E-state index is 0.166. The van der Waals surface area contributed by atoms with Crippen LogP contribution in [0.4, 0.5) is 0 Å². The van der Waals surface area contributed by atoms with Crippen LogP contribution in [0, 0.1) is 6.92 Å². The first-order chi connectivity index (χ1) is 14.7. The number of carbonyl (C=O) groups is 1. The van der Waals surface area contributed by atoms with Crippen molar-refractivity contribution in [3.8, 4) is 11.4 Å². The number of carbonyl (C=O) groups excluding carboxylic acids is 1. The highest BCUT2D eigenvalue weighted by Crippen LogP contribution is 2.26. The van der Waals surface area contributed by atoms with Crippen LogP contribution >= 0.6 is 11.8 Å². The Labute approximate surface area is 179 Å². The highest BCUT2D eigenvalue weighted by atomic mass is 32.2. The number of nitrogens with zero attached hydrogens (tertiary/aromatic N) is 2. The Hall–Kier alpha value is -3.38. The molecule has 0 bridgehead atoms. The fourth-order valence-corrected chi connectivity index (χ4v) is 3.92. The van der Waals surface area contributed by atoms with Crippen molar-refractivity contribution < 1.29 is 9.32 Å². The molecule has 3 aromatic carbocycles. The van der Waals surface area contributed by atoms with Crippen molar-refractivity contribution in [2.75, 3.05) is 0 Å². The normalized spacial score (nSPS) is 10.7. The third kappa shape index (κ3) is 4.96. The summed E-state index contributed by atoms with van der Waals surface area (Å²) < 4.78 is 5.29. The number of aromatic nitrogens is 2. The van der Waals surface area contributed by atoms with Gasteiger partial charge in [0.15, 0.2) is 0 Å². The van der Waals surface area contributed by atoms with E-state index < -0.39 is 0 Å². The highest BCUT2D eigenvalue weighted by molar-refractivity contribution is 7.98. The first-order valence-corrected chi connectivity index (χ1v) is 10.6. The molecular weight excluding hydrogens is 394 g/mol. The predicted octanol–water partition coefficient (Wildman–Crippen LogP) is 5.27. The van der Waals surface area contributed by atoms with Crippen molar-refractivity contribution in [3.63, 3.8) is 0 Å². The largest absolute Gasteiger partial charge is 0.343 e. The third-order valence-electron chi connectivity index (χ3n) is 4.55. The fraction of sp³-hybridized carbons (Fsp3) is 0.125. The molecule has 0 aliphatic carbocycles. The second-order valence-electron chi connectivity index (χ2n) is 6.83. The molecule has 0 saturated carbocycles. The summed E-state index contributed by atoms with van der Waals surface area (Å²) in [6, 6.07) is 25.7. The first-order valence-electron chi connectivity index (χ1n) is 9.62. The quantitative estimate of drug-likeness (QED) is 0.417. The van der Waals surface area contributed by atoms with Gasteiger partial charge in [-0.25, -0.2) is 0 Å². The molecule has 1 N–H and O–H groups in total. The van der Waals surface area contributed by atoms with Crippen molar-refractivity contribution in [2.45, 2.75) is 24.1 Å². The average Bonchev–Trinajstić information content (AvgIpc) is 3.26. The molecule has 1 aromatic heterocycles. The van der Waals surface area contributed by atoms with E-state index in [1.54, 1.807) is 11.8 Å². The standard InChI is InChI=1S/C24H21N3O2S/c1-17-11-13-19(14-12-17)23-26-22(29-27-23)15-25-24(28)20-9-5-6-10-21(20)30-16-18-7-3-2-4-8-18/h2-14H,15-16H2,1H3,(H,25,28). The summed E-state index contributed by atoms with van der Waals surface area (Å²) in [7, 11) is 0. The van der Waals surface area contributed by atoms with Gasteiger partial charge in [-0.2, -0.15) is 4.98 Å². The smallest absolute Gasteiger partial charge is 0.252 e. The molecule has 4 rings (SSSR count). The van der Waals surface area contributed by atoms with E-state index in [0.29, 0.717) is 17.3 Å². The molecule has 0 atom stereocenters. The van der Waals surface area contributed by atoms with E-state index in [1.807, 2.05) is 73.7 Å². The van der Waals surface area contributed by atoms with Crippen LogP contribution in [0.2, 0.25) is 0 Å². The molecule has 4 aromatic rings. The Bertz CT molecular complexity index is 1120. The van der Waals surface area contributed by atoms with Crippen molar-refractivity contribution in [3.05, 3.63) is 101 Å². The van der Waals surface area contributed by atoms with Crippen LogP contribution in [0.3, 0.4) is 0 Å². The predicted molar refractivity (Wildman–Crippen MR) is 118 cm³/mol. The van der Waals surface area contributed by atoms with Gasteiger partial charge in [-0.05, 0) is 24.6 Å². The van der Waals surface area contributed by atoms with Gasteiger partial charge in [0.25, 0.3) is 5.91 Å². The van der Waals surface area contributed by atoms with Crippen molar-refractivity contribution in [1.29, 1.82) is 0 Å². The third-order valence-corrected chi connectivity index (χ3v) is 5.69. The first kappa shape index (κ1) is 19.9. The Morgan fingerprint density at radius 2 is 1.70 bits per heavy atom. The highest BCUT2D eigenvalue weighted by Gasteiger charge is 2.14. The maximum atomic E-state index is 12.8. The second-order valence-corrected chi connectivity index (χ2v) is 7.85. The van der Waals surface area contributed by atoms with E-state index in [0.717, 1.165) is 16.2 Å². The molecular formula is C24H21N3O2S. The summed E-state index contributed by atoms with van der Waals surface area (Å²) in [6.07, 6.45) is 0. The van der Waals surface area contributed by atoms with Gasteiger partial charge in [0.2, 0.25) is 11.7 Å². The number of rotatable bonds is 7. The maximum Gasteiger partial charge on any atom is 0.252 e. The monoisotopic (exact) mass is 415 g/mol. The van der Waals surface area contributed by atoms with Crippen LogP contribution < -0.4 is 5.32 Å². The molecule has 0 spiro atoms. The summed E-state index contributed by atoms with van der Waals surface area (Å²) in [5.74, 6) is 1.52. The van der Waals surface area contributed by atoms with Crippen LogP contribution in [0.15, 0.2) is 88.3 Å². The molecule has 1 heterocycles. The number of amides is 1. The van der Waals surface area contributed by atoms with E-state index in [9.17, 15) is 4.79 Å². The van der Waals surface area contributed by atoms with E-state index in [-0.39, 0.29) is 12.5 Å². The summed E-state index contributed by atoms with van der Waals surface area (Å²) in [4.78, 5) is 18.1. The number of nitrogens with one attached hydrogen (secondary N) is 1. The van der Waals surface area contributed by atoms with E-state index in [4.69, 9.17) is 4.52 Å². The minimum Gasteiger partial charge on any atom is -0.343 e. The number of hydrogen-bond acceptors (Lipinski definition) is 5. The van der Waals surface area contributed by atoms with Crippen LogP contribution in [-0.2, 0) is 12.3 Å². The second kappa shape index (κ2) is 9.41. The zero-order valence-electron chi connectivity index (χ0n) is 16.5. The molecule has 6 heteroatoms. The van der Waals surface area contributed by atoms with Crippen LogP contribution in [0.5, 0.6) is 0 Å². The van der Waals surface area contributed by atoms with Crippen molar-refractivity contribution in [2.24, 2.45) is 0 Å². The lowest BCUT2D eigenvalue weighted by Crippen LogP contribution is -2.23. The molecule has 30 heavy (non-hydrogen) atoms. The molecule has 0 aliphatic heterocycles. The molecule has 1 amide bonds. The lowest BCUT2D eigenvalue weighted by Gasteiger charge is -2.09. The van der Waals surface area contributed by atoms with Gasteiger partial charge < -0.3 is 9.84 Å². The Kier molecular flexibility index (Phi) is 6.25. The molecule has 0 fully saturated rings. The summed E-state index contributed by atoms with van der Waals surface area (Å²) in [5.41, 5.74) is 3.90. The Morgan fingerprint density at radius 1 is 0.967 bits per heavy atom. The Morgan fingerprint density at radius 3 is 2.50 bits per heavy atom. The molecule has 150 valence electrons. The minimum atomic E-state index is -0.166. The molecule has 5 nitrogen and oxygen atoms in total. The molecule has 0 saturated heterocycles. The fourth-order valence-electron chi connectivity index (χ4n) is 2.91. The van der Waals surface area contributed by atoms with Gasteiger partial charge >= 0.3 is 0 Å². The topological polar surface area (TPSA) is 68.0 Å². The molecule has 0 aliphatic rings. The average molecular weight is 416 g/mol. The van der Waals surface area contributed by atoms with E-state index in [1.165, 1.54) is 11.1 Å². The maximum absolute atomic E-state index is 12.8.